The number of anilines is 1. The van der Waals surface area contributed by atoms with Gasteiger partial charge in [-0.25, -0.2) is 4.98 Å². The molecular weight excluding hydrogens is 603 g/mol. The molecule has 0 fully saturated rings. The molecule has 4 heterocycles. The van der Waals surface area contributed by atoms with E-state index in [0.29, 0.717) is 0 Å². The van der Waals surface area contributed by atoms with Gasteiger partial charge >= 0.3 is 0 Å². The predicted molar refractivity (Wildman–Crippen MR) is 202 cm³/mol. The van der Waals surface area contributed by atoms with Crippen molar-refractivity contribution in [1.82, 2.24) is 19.0 Å². The van der Waals surface area contributed by atoms with Gasteiger partial charge in [-0.3, -0.25) is 4.57 Å². The lowest BCUT2D eigenvalue weighted by atomic mass is 9.86. The Bertz CT molecular complexity index is 2570. The third kappa shape index (κ3) is 4.91. The lowest BCUT2D eigenvalue weighted by Gasteiger charge is -2.25. The Labute approximate surface area is 285 Å². The highest BCUT2D eigenvalue weighted by molar-refractivity contribution is 6.11. The number of benzene rings is 5. The van der Waals surface area contributed by atoms with Gasteiger partial charge in [-0.1, -0.05) is 75.4 Å². The first-order chi connectivity index (χ1) is 23.8. The average molecular weight is 640 g/mol. The van der Waals surface area contributed by atoms with Crippen molar-refractivity contribution in [1.29, 1.82) is 0 Å². The zero-order valence-electron chi connectivity index (χ0n) is 28.1. The van der Waals surface area contributed by atoms with E-state index in [0.717, 1.165) is 68.2 Å². The van der Waals surface area contributed by atoms with Crippen LogP contribution in [0, 0.1) is 0 Å². The number of pyridine rings is 1. The largest absolute Gasteiger partial charge is 0.457 e. The van der Waals surface area contributed by atoms with E-state index < -0.39 is 0 Å². The first-order valence-electron chi connectivity index (χ1n) is 16.8. The van der Waals surface area contributed by atoms with Crippen molar-refractivity contribution >= 4 is 49.3 Å². The minimum Gasteiger partial charge on any atom is -0.457 e. The summed E-state index contributed by atoms with van der Waals surface area (Å²) in [5.41, 5.74) is 7.85. The van der Waals surface area contributed by atoms with E-state index in [9.17, 15) is 0 Å². The van der Waals surface area contributed by atoms with Gasteiger partial charge < -0.3 is 19.1 Å². The molecule has 0 aliphatic carbocycles. The van der Waals surface area contributed by atoms with E-state index in [1.807, 2.05) is 6.20 Å². The highest BCUT2D eigenvalue weighted by atomic mass is 16.5. The molecule has 9 rings (SSSR count). The fourth-order valence-corrected chi connectivity index (χ4v) is 7.16. The summed E-state index contributed by atoms with van der Waals surface area (Å²) in [6.07, 6.45) is 6.25. The maximum atomic E-state index is 6.72. The van der Waals surface area contributed by atoms with E-state index in [-0.39, 0.29) is 5.41 Å². The molecule has 240 valence electrons. The fraction of sp³-hybridized carbons (Fsp3) is 0.140. The summed E-state index contributed by atoms with van der Waals surface area (Å²) in [7, 11) is 2.09. The summed E-state index contributed by atoms with van der Waals surface area (Å²) in [6.45, 7) is 7.54. The number of aromatic nitrogens is 3. The highest BCUT2D eigenvalue weighted by Gasteiger charge is 2.21. The minimum absolute atomic E-state index is 0.0353. The summed E-state index contributed by atoms with van der Waals surface area (Å²) in [5, 5.41) is 4.65. The van der Waals surface area contributed by atoms with Gasteiger partial charge in [-0.05, 0) is 59.5 Å². The summed E-state index contributed by atoms with van der Waals surface area (Å²) in [5.74, 6) is 2.46. The van der Waals surface area contributed by atoms with E-state index in [4.69, 9.17) is 9.72 Å². The average Bonchev–Trinajstić information content (AvgIpc) is 3.79. The predicted octanol–water partition coefficient (Wildman–Crippen LogP) is 10.5. The van der Waals surface area contributed by atoms with Crippen molar-refractivity contribution in [3.8, 4) is 23.0 Å². The number of ether oxygens (including phenoxy) is 1. The van der Waals surface area contributed by atoms with Gasteiger partial charge in [0.25, 0.3) is 0 Å². The third-order valence-corrected chi connectivity index (χ3v) is 9.63. The monoisotopic (exact) mass is 639 g/mol. The molecule has 0 saturated heterocycles. The summed E-state index contributed by atoms with van der Waals surface area (Å²) in [6, 6.07) is 42.9. The topological polar surface area (TPSA) is 38.5 Å². The Hall–Kier alpha value is -6.01. The Morgan fingerprint density at radius 3 is 1.98 bits per heavy atom. The van der Waals surface area contributed by atoms with Gasteiger partial charge in [-0.15, -0.1) is 0 Å². The van der Waals surface area contributed by atoms with Crippen LogP contribution < -0.4 is 9.64 Å². The van der Waals surface area contributed by atoms with Crippen molar-refractivity contribution in [3.63, 3.8) is 0 Å². The van der Waals surface area contributed by atoms with Crippen LogP contribution in [0.15, 0.2) is 140 Å². The molecule has 0 saturated carbocycles. The quantitative estimate of drug-likeness (QED) is 0.188. The zero-order valence-corrected chi connectivity index (χ0v) is 28.1. The van der Waals surface area contributed by atoms with Gasteiger partial charge in [0.15, 0.2) is 0 Å². The van der Waals surface area contributed by atoms with Gasteiger partial charge in [0.1, 0.15) is 17.3 Å². The highest BCUT2D eigenvalue weighted by Crippen LogP contribution is 2.39. The molecule has 1 aliphatic heterocycles. The normalized spacial score (nSPS) is 13.5. The standard InChI is InChI=1S/C43H37N5O/c1-43(2,3)29-22-31(46-21-20-45(4)28-46)24-33(23-29)49-32-18-19-36-34-14-8-11-17-39(34)48(40(36)25-32)42-26-41-37(27-44-42)35-15-9-10-16-38(35)47(41)30-12-6-5-7-13-30/h5-27H,28H2,1-4H3. The molecule has 8 aromatic rings. The number of hydrogen-bond acceptors (Lipinski definition) is 4. The number of fused-ring (bicyclic) bond motifs is 6. The van der Waals surface area contributed by atoms with Crippen molar-refractivity contribution in [2.75, 3.05) is 18.6 Å². The molecule has 3 aromatic heterocycles. The molecule has 1 aliphatic rings. The molecule has 0 bridgehead atoms. The summed E-state index contributed by atoms with van der Waals surface area (Å²) in [4.78, 5) is 9.53. The van der Waals surface area contributed by atoms with Crippen molar-refractivity contribution in [2.45, 2.75) is 26.2 Å². The second kappa shape index (κ2) is 11.0. The maximum Gasteiger partial charge on any atom is 0.139 e. The summed E-state index contributed by atoms with van der Waals surface area (Å²) < 4.78 is 11.3. The Kier molecular flexibility index (Phi) is 6.56. The lowest BCUT2D eigenvalue weighted by Crippen LogP contribution is -2.22. The zero-order chi connectivity index (χ0) is 33.3. The van der Waals surface area contributed by atoms with Crippen LogP contribution >= 0.6 is 0 Å². The third-order valence-electron chi connectivity index (χ3n) is 9.63. The molecule has 0 spiro atoms. The van der Waals surface area contributed by atoms with E-state index in [1.165, 1.54) is 16.3 Å². The van der Waals surface area contributed by atoms with Crippen LogP contribution in [-0.2, 0) is 5.41 Å². The molecular formula is C43H37N5O. The number of hydrogen-bond donors (Lipinski definition) is 0. The lowest BCUT2D eigenvalue weighted by molar-refractivity contribution is 0.477. The molecule has 0 radical (unpaired) electrons. The van der Waals surface area contributed by atoms with Crippen LogP contribution in [-0.4, -0.2) is 32.7 Å². The molecule has 0 unspecified atom stereocenters. The van der Waals surface area contributed by atoms with E-state index in [2.05, 4.69) is 180 Å². The van der Waals surface area contributed by atoms with Crippen molar-refractivity contribution < 1.29 is 4.74 Å². The minimum atomic E-state index is -0.0353. The van der Waals surface area contributed by atoms with Crippen molar-refractivity contribution in [3.05, 3.63) is 145 Å². The molecule has 0 atom stereocenters. The van der Waals surface area contributed by atoms with Gasteiger partial charge in [-0.2, -0.15) is 0 Å². The molecule has 5 aromatic carbocycles. The Morgan fingerprint density at radius 2 is 1.24 bits per heavy atom. The second-order valence-corrected chi connectivity index (χ2v) is 14.0. The first kappa shape index (κ1) is 29.2. The van der Waals surface area contributed by atoms with Gasteiger partial charge in [0, 0.05) is 76.8 Å². The Morgan fingerprint density at radius 1 is 0.571 bits per heavy atom. The molecule has 6 heteroatoms. The van der Waals surface area contributed by atoms with Crippen LogP contribution in [0.25, 0.3) is 55.1 Å². The van der Waals surface area contributed by atoms with E-state index >= 15 is 0 Å². The first-order valence-corrected chi connectivity index (χ1v) is 16.8. The molecule has 0 amide bonds. The van der Waals surface area contributed by atoms with Crippen LogP contribution in [0.2, 0.25) is 0 Å². The van der Waals surface area contributed by atoms with Crippen LogP contribution in [0.3, 0.4) is 0 Å². The van der Waals surface area contributed by atoms with Crippen LogP contribution in [0.5, 0.6) is 11.5 Å². The molecule has 0 N–H and O–H groups in total. The van der Waals surface area contributed by atoms with E-state index in [1.54, 1.807) is 0 Å². The summed E-state index contributed by atoms with van der Waals surface area (Å²) >= 11 is 0. The fourth-order valence-electron chi connectivity index (χ4n) is 7.16. The van der Waals surface area contributed by atoms with Crippen LogP contribution in [0.1, 0.15) is 26.3 Å². The number of para-hydroxylation sites is 3. The smallest absolute Gasteiger partial charge is 0.139 e. The molecule has 6 nitrogen and oxygen atoms in total. The van der Waals surface area contributed by atoms with Crippen molar-refractivity contribution in [2.24, 2.45) is 0 Å². The van der Waals surface area contributed by atoms with Gasteiger partial charge in [0.2, 0.25) is 0 Å². The van der Waals surface area contributed by atoms with Crippen LogP contribution in [0.4, 0.5) is 5.69 Å². The SMILES string of the molecule is CN1C=CN(c2cc(Oc3ccc4c5ccccc5n(-c5cc6c(cn5)c5ccccc5n6-c5ccccc5)c4c3)cc(C(C)(C)C)c2)C1. The maximum absolute atomic E-state index is 6.72. The number of nitrogens with zero attached hydrogens (tertiary/aromatic N) is 5. The molecule has 49 heavy (non-hydrogen) atoms. The second-order valence-electron chi connectivity index (χ2n) is 14.0. The number of rotatable bonds is 5. The van der Waals surface area contributed by atoms with Gasteiger partial charge in [0.05, 0.1) is 28.7 Å². The Balaban J connectivity index is 1.21.